The van der Waals surface area contributed by atoms with Crippen LogP contribution < -0.4 is 5.32 Å². The first-order chi connectivity index (χ1) is 10.6. The summed E-state index contributed by atoms with van der Waals surface area (Å²) >= 11 is 1.83. The second-order valence-electron chi connectivity index (χ2n) is 6.63. The molecule has 0 spiro atoms. The standard InChI is InChI=1S/C17H27N3OS/c1-17(2,6-4-7-18)14-19-13-15(16-5-3-12-22-16)20-8-10-21-11-9-20/h3,5,12,15,19H,4,6,8-11,13-14H2,1-2H3/t15-/m0/s1. The van der Waals surface area contributed by atoms with Gasteiger partial charge in [0.1, 0.15) is 0 Å². The first-order valence-electron chi connectivity index (χ1n) is 8.05. The van der Waals surface area contributed by atoms with Gasteiger partial charge in [0.2, 0.25) is 0 Å². The molecule has 0 saturated carbocycles. The van der Waals surface area contributed by atoms with E-state index in [0.717, 1.165) is 45.8 Å². The van der Waals surface area contributed by atoms with Gasteiger partial charge in [-0.05, 0) is 23.3 Å². The summed E-state index contributed by atoms with van der Waals surface area (Å²) in [5, 5.41) is 14.5. The van der Waals surface area contributed by atoms with Crippen LogP contribution in [0.3, 0.4) is 0 Å². The number of hydrogen-bond acceptors (Lipinski definition) is 5. The van der Waals surface area contributed by atoms with E-state index in [9.17, 15) is 0 Å². The van der Waals surface area contributed by atoms with Crippen molar-refractivity contribution in [3.63, 3.8) is 0 Å². The van der Waals surface area contributed by atoms with Gasteiger partial charge < -0.3 is 10.1 Å². The number of nitrogens with one attached hydrogen (secondary N) is 1. The molecule has 0 aliphatic carbocycles. The maximum Gasteiger partial charge on any atom is 0.0621 e. The maximum atomic E-state index is 8.75. The van der Waals surface area contributed by atoms with Crippen molar-refractivity contribution in [2.45, 2.75) is 32.7 Å². The highest BCUT2D eigenvalue weighted by Crippen LogP contribution is 2.26. The topological polar surface area (TPSA) is 48.3 Å². The van der Waals surface area contributed by atoms with Gasteiger partial charge in [-0.15, -0.1) is 11.3 Å². The van der Waals surface area contributed by atoms with E-state index in [1.165, 1.54) is 4.88 Å². The summed E-state index contributed by atoms with van der Waals surface area (Å²) in [6.07, 6.45) is 1.57. The van der Waals surface area contributed by atoms with Crippen LogP contribution in [0.15, 0.2) is 17.5 Å². The van der Waals surface area contributed by atoms with Crippen molar-refractivity contribution in [3.8, 4) is 6.07 Å². The summed E-state index contributed by atoms with van der Waals surface area (Å²) in [7, 11) is 0. The molecule has 0 unspecified atom stereocenters. The molecule has 1 atom stereocenters. The van der Waals surface area contributed by atoms with Crippen molar-refractivity contribution in [2.75, 3.05) is 39.4 Å². The molecule has 1 aromatic rings. The Morgan fingerprint density at radius 2 is 2.23 bits per heavy atom. The van der Waals surface area contributed by atoms with E-state index in [-0.39, 0.29) is 5.41 Å². The lowest BCUT2D eigenvalue weighted by Gasteiger charge is -2.35. The number of thiophene rings is 1. The first kappa shape index (κ1) is 17.4. The van der Waals surface area contributed by atoms with Crippen LogP contribution in [0.25, 0.3) is 0 Å². The molecule has 2 rings (SSSR count). The van der Waals surface area contributed by atoms with Crippen LogP contribution in [0.1, 0.15) is 37.6 Å². The SMILES string of the molecule is CC(C)(CCC#N)CNC[C@@H](c1cccs1)N1CCOCC1. The van der Waals surface area contributed by atoms with Crippen LogP contribution in [0.2, 0.25) is 0 Å². The van der Waals surface area contributed by atoms with E-state index < -0.39 is 0 Å². The summed E-state index contributed by atoms with van der Waals surface area (Å²) in [4.78, 5) is 3.94. The fraction of sp³-hybridized carbons (Fsp3) is 0.706. The Bertz CT molecular complexity index is 461. The first-order valence-corrected chi connectivity index (χ1v) is 8.93. The van der Waals surface area contributed by atoms with Crippen LogP contribution in [0, 0.1) is 16.7 Å². The van der Waals surface area contributed by atoms with Crippen LogP contribution in [-0.4, -0.2) is 44.3 Å². The van der Waals surface area contributed by atoms with Crippen molar-refractivity contribution >= 4 is 11.3 Å². The average Bonchev–Trinajstić information content (AvgIpc) is 3.04. The van der Waals surface area contributed by atoms with Crippen LogP contribution >= 0.6 is 11.3 Å². The Morgan fingerprint density at radius 3 is 2.86 bits per heavy atom. The highest BCUT2D eigenvalue weighted by atomic mass is 32.1. The van der Waals surface area contributed by atoms with Crippen molar-refractivity contribution in [1.82, 2.24) is 10.2 Å². The largest absolute Gasteiger partial charge is 0.379 e. The average molecular weight is 321 g/mol. The van der Waals surface area contributed by atoms with Crippen LogP contribution in [0.5, 0.6) is 0 Å². The molecular formula is C17H27N3OS. The molecule has 1 aromatic heterocycles. The number of morpholine rings is 1. The second-order valence-corrected chi connectivity index (χ2v) is 7.61. The number of rotatable bonds is 8. The van der Waals surface area contributed by atoms with Gasteiger partial charge in [-0.25, -0.2) is 0 Å². The van der Waals surface area contributed by atoms with Gasteiger partial charge >= 0.3 is 0 Å². The van der Waals surface area contributed by atoms with Gasteiger partial charge in [-0.3, -0.25) is 4.90 Å². The predicted octanol–water partition coefficient (Wildman–Crippen LogP) is 3.04. The molecule has 1 aliphatic heterocycles. The lowest BCUT2D eigenvalue weighted by Crippen LogP contribution is -2.43. The van der Waals surface area contributed by atoms with Crippen molar-refractivity contribution in [3.05, 3.63) is 22.4 Å². The van der Waals surface area contributed by atoms with Gasteiger partial charge in [0.05, 0.1) is 25.3 Å². The van der Waals surface area contributed by atoms with Gasteiger partial charge in [-0.2, -0.15) is 5.26 Å². The molecule has 1 N–H and O–H groups in total. The third-order valence-corrected chi connectivity index (χ3v) is 5.19. The van der Waals surface area contributed by atoms with E-state index in [4.69, 9.17) is 10.00 Å². The fourth-order valence-corrected chi connectivity index (χ4v) is 3.67. The molecule has 122 valence electrons. The molecule has 0 aromatic carbocycles. The number of nitriles is 1. The quantitative estimate of drug-likeness (QED) is 0.799. The van der Waals surface area contributed by atoms with E-state index in [0.29, 0.717) is 12.5 Å². The number of hydrogen-bond donors (Lipinski definition) is 1. The molecule has 4 nitrogen and oxygen atoms in total. The van der Waals surface area contributed by atoms with E-state index >= 15 is 0 Å². The summed E-state index contributed by atoms with van der Waals surface area (Å²) in [5.74, 6) is 0. The number of ether oxygens (including phenoxy) is 1. The van der Waals surface area contributed by atoms with Crippen LogP contribution in [0.4, 0.5) is 0 Å². The Kier molecular flexibility index (Phi) is 6.84. The Hall–Kier alpha value is -0.930. The zero-order chi connectivity index (χ0) is 15.8. The molecule has 5 heteroatoms. The molecule has 0 amide bonds. The molecule has 0 radical (unpaired) electrons. The minimum absolute atomic E-state index is 0.167. The molecule has 22 heavy (non-hydrogen) atoms. The normalized spacial score (nSPS) is 18.0. The Balaban J connectivity index is 1.89. The molecule has 1 saturated heterocycles. The van der Waals surface area contributed by atoms with Gasteiger partial charge in [0.25, 0.3) is 0 Å². The third kappa shape index (κ3) is 5.36. The van der Waals surface area contributed by atoms with Crippen molar-refractivity contribution < 1.29 is 4.74 Å². The summed E-state index contributed by atoms with van der Waals surface area (Å²) < 4.78 is 5.48. The second kappa shape index (κ2) is 8.64. The highest BCUT2D eigenvalue weighted by Gasteiger charge is 2.24. The van der Waals surface area contributed by atoms with E-state index in [2.05, 4.69) is 47.6 Å². The Labute approximate surface area is 138 Å². The van der Waals surface area contributed by atoms with Gasteiger partial charge in [0, 0.05) is 37.5 Å². The van der Waals surface area contributed by atoms with Crippen molar-refractivity contribution in [1.29, 1.82) is 5.26 Å². The monoisotopic (exact) mass is 321 g/mol. The van der Waals surface area contributed by atoms with E-state index in [1.807, 2.05) is 11.3 Å². The van der Waals surface area contributed by atoms with Crippen LogP contribution in [-0.2, 0) is 4.74 Å². The molecule has 1 aliphatic rings. The Morgan fingerprint density at radius 1 is 1.45 bits per heavy atom. The van der Waals surface area contributed by atoms with E-state index in [1.54, 1.807) is 0 Å². The third-order valence-electron chi connectivity index (χ3n) is 4.21. The number of nitrogens with zero attached hydrogens (tertiary/aromatic N) is 2. The smallest absolute Gasteiger partial charge is 0.0621 e. The lowest BCUT2D eigenvalue weighted by molar-refractivity contribution is 0.0164. The zero-order valence-corrected chi connectivity index (χ0v) is 14.5. The van der Waals surface area contributed by atoms with Gasteiger partial charge in [-0.1, -0.05) is 19.9 Å². The minimum atomic E-state index is 0.167. The molecule has 1 fully saturated rings. The summed E-state index contributed by atoms with van der Waals surface area (Å²) in [5.41, 5.74) is 0.167. The zero-order valence-electron chi connectivity index (χ0n) is 13.7. The van der Waals surface area contributed by atoms with Gasteiger partial charge in [0.15, 0.2) is 0 Å². The predicted molar refractivity (Wildman–Crippen MR) is 90.9 cm³/mol. The fourth-order valence-electron chi connectivity index (χ4n) is 2.81. The molecular weight excluding hydrogens is 294 g/mol. The minimum Gasteiger partial charge on any atom is -0.379 e. The summed E-state index contributed by atoms with van der Waals surface area (Å²) in [6.45, 7) is 10.0. The maximum absolute atomic E-state index is 8.75. The lowest BCUT2D eigenvalue weighted by atomic mass is 9.88. The summed E-state index contributed by atoms with van der Waals surface area (Å²) in [6, 6.07) is 7.03. The molecule has 0 bridgehead atoms. The van der Waals surface area contributed by atoms with Crippen molar-refractivity contribution in [2.24, 2.45) is 5.41 Å². The molecule has 2 heterocycles. The highest BCUT2D eigenvalue weighted by molar-refractivity contribution is 7.10.